The van der Waals surface area contributed by atoms with Crippen molar-refractivity contribution in [2.45, 2.75) is 19.4 Å². The molecule has 1 atom stereocenters. The summed E-state index contributed by atoms with van der Waals surface area (Å²) < 4.78 is 18.3. The molecule has 1 aromatic carbocycles. The topological polar surface area (TPSA) is 51.2 Å². The normalized spacial score (nSPS) is 11.8. The number of carbonyl (C=O) groups is 1. The van der Waals surface area contributed by atoms with Gasteiger partial charge >= 0.3 is 0 Å². The molecule has 0 saturated heterocycles. The SMILES string of the molecule is C[C@H](NC(=O)CCOc1ccc(F)cc1Cl)c1cccnc1. The summed E-state index contributed by atoms with van der Waals surface area (Å²) in [5.74, 6) is -0.217. The van der Waals surface area contributed by atoms with Crippen LogP contribution in [0.5, 0.6) is 5.75 Å². The molecule has 6 heteroatoms. The van der Waals surface area contributed by atoms with Crippen LogP contribution in [-0.4, -0.2) is 17.5 Å². The fourth-order valence-corrected chi connectivity index (χ4v) is 2.10. The van der Waals surface area contributed by atoms with Crippen molar-refractivity contribution < 1.29 is 13.9 Å². The van der Waals surface area contributed by atoms with E-state index in [1.807, 2.05) is 19.1 Å². The molecule has 0 aliphatic carbocycles. The molecule has 0 fully saturated rings. The summed E-state index contributed by atoms with van der Waals surface area (Å²) in [6.07, 6.45) is 3.57. The third kappa shape index (κ3) is 4.70. The molecule has 1 aromatic heterocycles. The molecule has 2 aromatic rings. The van der Waals surface area contributed by atoms with Crippen molar-refractivity contribution in [2.75, 3.05) is 6.61 Å². The Morgan fingerprint density at radius 1 is 1.45 bits per heavy atom. The average Bonchev–Trinajstić information content (AvgIpc) is 2.50. The molecule has 4 nitrogen and oxygen atoms in total. The van der Waals surface area contributed by atoms with Gasteiger partial charge in [0.15, 0.2) is 0 Å². The van der Waals surface area contributed by atoms with Gasteiger partial charge in [-0.05, 0) is 36.8 Å². The van der Waals surface area contributed by atoms with E-state index in [-0.39, 0.29) is 30.0 Å². The fraction of sp³-hybridized carbons (Fsp3) is 0.250. The molecular weight excluding hydrogens is 307 g/mol. The van der Waals surface area contributed by atoms with E-state index in [0.29, 0.717) is 5.75 Å². The van der Waals surface area contributed by atoms with E-state index < -0.39 is 5.82 Å². The van der Waals surface area contributed by atoms with Gasteiger partial charge in [0.1, 0.15) is 11.6 Å². The molecule has 2 rings (SSSR count). The van der Waals surface area contributed by atoms with Crippen LogP contribution in [-0.2, 0) is 4.79 Å². The van der Waals surface area contributed by atoms with E-state index in [1.54, 1.807) is 12.4 Å². The van der Waals surface area contributed by atoms with Crippen molar-refractivity contribution in [1.82, 2.24) is 10.3 Å². The largest absolute Gasteiger partial charge is 0.491 e. The molecular formula is C16H16ClFN2O2. The third-order valence-corrected chi connectivity index (χ3v) is 3.34. The number of ether oxygens (including phenoxy) is 1. The minimum atomic E-state index is -0.430. The van der Waals surface area contributed by atoms with Gasteiger partial charge in [-0.25, -0.2) is 4.39 Å². The average molecular weight is 323 g/mol. The molecule has 0 spiro atoms. The Bertz CT molecular complexity index is 637. The lowest BCUT2D eigenvalue weighted by molar-refractivity contribution is -0.122. The number of rotatable bonds is 6. The lowest BCUT2D eigenvalue weighted by Gasteiger charge is -2.14. The van der Waals surface area contributed by atoms with Crippen LogP contribution in [0.4, 0.5) is 4.39 Å². The zero-order chi connectivity index (χ0) is 15.9. The second-order valence-corrected chi connectivity index (χ2v) is 5.16. The first-order chi connectivity index (χ1) is 10.6. The lowest BCUT2D eigenvalue weighted by atomic mass is 10.1. The number of hydrogen-bond donors (Lipinski definition) is 1. The van der Waals surface area contributed by atoms with Crippen molar-refractivity contribution in [3.8, 4) is 5.75 Å². The zero-order valence-electron chi connectivity index (χ0n) is 12.1. The van der Waals surface area contributed by atoms with Crippen LogP contribution in [0.25, 0.3) is 0 Å². The van der Waals surface area contributed by atoms with E-state index in [2.05, 4.69) is 10.3 Å². The molecule has 0 radical (unpaired) electrons. The molecule has 116 valence electrons. The first-order valence-corrected chi connectivity index (χ1v) is 7.21. The smallest absolute Gasteiger partial charge is 0.223 e. The van der Waals surface area contributed by atoms with Crippen LogP contribution in [0.2, 0.25) is 5.02 Å². The highest BCUT2D eigenvalue weighted by molar-refractivity contribution is 6.32. The van der Waals surface area contributed by atoms with Crippen LogP contribution in [0.1, 0.15) is 24.9 Å². The maximum atomic E-state index is 12.9. The predicted molar refractivity (Wildman–Crippen MR) is 82.3 cm³/mol. The highest BCUT2D eigenvalue weighted by Gasteiger charge is 2.10. The van der Waals surface area contributed by atoms with Gasteiger partial charge in [-0.3, -0.25) is 9.78 Å². The third-order valence-electron chi connectivity index (χ3n) is 3.04. The minimum absolute atomic E-state index is 0.129. The van der Waals surface area contributed by atoms with E-state index in [4.69, 9.17) is 16.3 Å². The first kappa shape index (κ1) is 16.2. The number of hydrogen-bond acceptors (Lipinski definition) is 3. The summed E-state index contributed by atoms with van der Waals surface area (Å²) in [5, 5.41) is 3.04. The number of amides is 1. The zero-order valence-corrected chi connectivity index (χ0v) is 12.8. The number of aromatic nitrogens is 1. The van der Waals surface area contributed by atoms with E-state index in [9.17, 15) is 9.18 Å². The summed E-state index contributed by atoms with van der Waals surface area (Å²) >= 11 is 5.84. The van der Waals surface area contributed by atoms with Gasteiger partial charge in [0.05, 0.1) is 24.1 Å². The molecule has 0 aliphatic heterocycles. The van der Waals surface area contributed by atoms with Crippen molar-refractivity contribution in [3.05, 3.63) is 59.1 Å². The van der Waals surface area contributed by atoms with Crippen LogP contribution in [0, 0.1) is 5.82 Å². The van der Waals surface area contributed by atoms with Crippen molar-refractivity contribution >= 4 is 17.5 Å². The number of benzene rings is 1. The second kappa shape index (κ2) is 7.75. The van der Waals surface area contributed by atoms with Crippen LogP contribution in [0.15, 0.2) is 42.7 Å². The Kier molecular flexibility index (Phi) is 5.72. The van der Waals surface area contributed by atoms with Crippen molar-refractivity contribution in [1.29, 1.82) is 0 Å². The predicted octanol–water partition coefficient (Wildman–Crippen LogP) is 3.52. The number of carbonyl (C=O) groups excluding carboxylic acids is 1. The lowest BCUT2D eigenvalue weighted by Crippen LogP contribution is -2.27. The first-order valence-electron chi connectivity index (χ1n) is 6.83. The number of nitrogens with zero attached hydrogens (tertiary/aromatic N) is 1. The Hall–Kier alpha value is -2.14. The quantitative estimate of drug-likeness (QED) is 0.885. The molecule has 0 saturated carbocycles. The second-order valence-electron chi connectivity index (χ2n) is 4.75. The maximum absolute atomic E-state index is 12.9. The standard InChI is InChI=1S/C16H16ClFN2O2/c1-11(12-3-2-7-19-10-12)20-16(21)6-8-22-15-5-4-13(18)9-14(15)17/h2-5,7,9-11H,6,8H2,1H3,(H,20,21)/t11-/m0/s1. The van der Waals surface area contributed by atoms with Gasteiger partial charge in [-0.15, -0.1) is 0 Å². The van der Waals surface area contributed by atoms with Gasteiger partial charge < -0.3 is 10.1 Å². The van der Waals surface area contributed by atoms with E-state index in [1.165, 1.54) is 18.2 Å². The Labute approximate surface area is 133 Å². The highest BCUT2D eigenvalue weighted by Crippen LogP contribution is 2.24. The van der Waals surface area contributed by atoms with Gasteiger partial charge in [-0.2, -0.15) is 0 Å². The molecule has 0 unspecified atom stereocenters. The van der Waals surface area contributed by atoms with Gasteiger partial charge in [0.2, 0.25) is 5.91 Å². The number of pyridine rings is 1. The summed E-state index contributed by atoms with van der Waals surface area (Å²) in [7, 11) is 0. The summed E-state index contributed by atoms with van der Waals surface area (Å²) in [5.41, 5.74) is 0.929. The molecule has 1 heterocycles. The minimum Gasteiger partial charge on any atom is -0.491 e. The van der Waals surface area contributed by atoms with Crippen LogP contribution in [0.3, 0.4) is 0 Å². The van der Waals surface area contributed by atoms with Crippen molar-refractivity contribution in [3.63, 3.8) is 0 Å². The number of nitrogens with one attached hydrogen (secondary N) is 1. The van der Waals surface area contributed by atoms with Crippen LogP contribution < -0.4 is 10.1 Å². The van der Waals surface area contributed by atoms with E-state index in [0.717, 1.165) is 5.56 Å². The Morgan fingerprint density at radius 2 is 2.27 bits per heavy atom. The molecule has 1 N–H and O–H groups in total. The highest BCUT2D eigenvalue weighted by atomic mass is 35.5. The van der Waals surface area contributed by atoms with Crippen LogP contribution >= 0.6 is 11.6 Å². The van der Waals surface area contributed by atoms with E-state index >= 15 is 0 Å². The number of halogens is 2. The monoisotopic (exact) mass is 322 g/mol. The molecule has 22 heavy (non-hydrogen) atoms. The summed E-state index contributed by atoms with van der Waals surface area (Å²) in [4.78, 5) is 15.9. The summed E-state index contributed by atoms with van der Waals surface area (Å²) in [6.45, 7) is 2.05. The van der Waals surface area contributed by atoms with Gasteiger partial charge in [0.25, 0.3) is 0 Å². The molecule has 0 bridgehead atoms. The fourth-order valence-electron chi connectivity index (χ4n) is 1.88. The molecule has 0 aliphatic rings. The summed E-state index contributed by atoms with van der Waals surface area (Å²) in [6, 6.07) is 7.45. The Balaban J connectivity index is 1.78. The van der Waals surface area contributed by atoms with Crippen molar-refractivity contribution in [2.24, 2.45) is 0 Å². The van der Waals surface area contributed by atoms with Gasteiger partial charge in [0, 0.05) is 12.4 Å². The van der Waals surface area contributed by atoms with Gasteiger partial charge in [-0.1, -0.05) is 17.7 Å². The molecule has 1 amide bonds. The Morgan fingerprint density at radius 3 is 2.95 bits per heavy atom. The maximum Gasteiger partial charge on any atom is 0.223 e.